The molecule has 1 aliphatic rings. The highest BCUT2D eigenvalue weighted by Crippen LogP contribution is 2.24. The summed E-state index contributed by atoms with van der Waals surface area (Å²) in [6.07, 6.45) is 4.21. The molecule has 23 heavy (non-hydrogen) atoms. The number of rotatable bonds is 3. The minimum atomic E-state index is -0.852. The SMILES string of the molecule is O=C(O)[C@H]1CCCN(C(=O)c2cncnc2-c2ccccc2)C1. The lowest BCUT2D eigenvalue weighted by molar-refractivity contribution is -0.143. The van der Waals surface area contributed by atoms with Crippen molar-refractivity contribution in [2.45, 2.75) is 12.8 Å². The quantitative estimate of drug-likeness (QED) is 0.938. The monoisotopic (exact) mass is 311 g/mol. The molecule has 0 spiro atoms. The van der Waals surface area contributed by atoms with Crippen LogP contribution in [0.4, 0.5) is 0 Å². The fourth-order valence-corrected chi connectivity index (χ4v) is 2.85. The van der Waals surface area contributed by atoms with Gasteiger partial charge >= 0.3 is 5.97 Å². The van der Waals surface area contributed by atoms with Crippen molar-refractivity contribution >= 4 is 11.9 Å². The average Bonchev–Trinajstić information content (AvgIpc) is 2.62. The van der Waals surface area contributed by atoms with E-state index in [0.717, 1.165) is 5.56 Å². The van der Waals surface area contributed by atoms with E-state index in [0.29, 0.717) is 30.6 Å². The molecule has 1 amide bonds. The molecule has 0 unspecified atom stereocenters. The molecule has 1 aliphatic heterocycles. The number of nitrogens with zero attached hydrogens (tertiary/aromatic N) is 3. The summed E-state index contributed by atoms with van der Waals surface area (Å²) in [4.78, 5) is 33.8. The van der Waals surface area contributed by atoms with E-state index in [1.165, 1.54) is 12.5 Å². The number of carbonyl (C=O) groups is 2. The number of carbonyl (C=O) groups excluding carboxylic acids is 1. The molecule has 2 aromatic rings. The number of likely N-dealkylation sites (tertiary alicyclic amines) is 1. The second-order valence-electron chi connectivity index (χ2n) is 5.58. The molecule has 1 aromatic heterocycles. The van der Waals surface area contributed by atoms with Gasteiger partial charge in [0.25, 0.3) is 5.91 Å². The largest absolute Gasteiger partial charge is 0.481 e. The highest BCUT2D eigenvalue weighted by atomic mass is 16.4. The van der Waals surface area contributed by atoms with Gasteiger partial charge in [0.2, 0.25) is 0 Å². The molecule has 3 rings (SSSR count). The van der Waals surface area contributed by atoms with Gasteiger partial charge in [-0.05, 0) is 12.8 Å². The van der Waals surface area contributed by atoms with Crippen LogP contribution >= 0.6 is 0 Å². The Bertz CT molecular complexity index is 718. The van der Waals surface area contributed by atoms with Crippen LogP contribution < -0.4 is 0 Å². The van der Waals surface area contributed by atoms with Gasteiger partial charge < -0.3 is 10.0 Å². The van der Waals surface area contributed by atoms with Gasteiger partial charge in [-0.1, -0.05) is 30.3 Å². The smallest absolute Gasteiger partial charge is 0.308 e. The topological polar surface area (TPSA) is 83.4 Å². The van der Waals surface area contributed by atoms with Gasteiger partial charge in [-0.2, -0.15) is 0 Å². The predicted molar refractivity (Wildman–Crippen MR) is 83.7 cm³/mol. The standard InChI is InChI=1S/C17H17N3O3/c21-16(20-8-4-7-13(10-20)17(22)23)14-9-18-11-19-15(14)12-5-2-1-3-6-12/h1-3,5-6,9,11,13H,4,7-8,10H2,(H,22,23)/t13-/m0/s1. The minimum absolute atomic E-state index is 0.213. The number of hydrogen-bond donors (Lipinski definition) is 1. The molecule has 0 radical (unpaired) electrons. The van der Waals surface area contributed by atoms with Crippen molar-refractivity contribution in [2.75, 3.05) is 13.1 Å². The van der Waals surface area contributed by atoms with Gasteiger partial charge in [0.05, 0.1) is 17.2 Å². The fraction of sp³-hybridized carbons (Fsp3) is 0.294. The molecule has 1 fully saturated rings. The van der Waals surface area contributed by atoms with Crippen molar-refractivity contribution in [1.29, 1.82) is 0 Å². The van der Waals surface area contributed by atoms with Crippen molar-refractivity contribution in [2.24, 2.45) is 5.92 Å². The third kappa shape index (κ3) is 3.21. The first-order chi connectivity index (χ1) is 11.2. The van der Waals surface area contributed by atoms with Crippen LogP contribution in [0.25, 0.3) is 11.3 Å². The zero-order chi connectivity index (χ0) is 16.2. The Hall–Kier alpha value is -2.76. The summed E-state index contributed by atoms with van der Waals surface area (Å²) in [6.45, 7) is 0.795. The van der Waals surface area contributed by atoms with Crippen LogP contribution in [0.3, 0.4) is 0 Å². The highest BCUT2D eigenvalue weighted by Gasteiger charge is 2.30. The van der Waals surface area contributed by atoms with Gasteiger partial charge in [0, 0.05) is 24.8 Å². The van der Waals surface area contributed by atoms with Gasteiger partial charge in [0.15, 0.2) is 0 Å². The minimum Gasteiger partial charge on any atom is -0.481 e. The average molecular weight is 311 g/mol. The van der Waals surface area contributed by atoms with Crippen LogP contribution in [0.2, 0.25) is 0 Å². The molecule has 118 valence electrons. The van der Waals surface area contributed by atoms with E-state index in [1.54, 1.807) is 4.90 Å². The Morgan fingerprint density at radius 3 is 2.74 bits per heavy atom. The molecule has 1 saturated heterocycles. The number of aliphatic carboxylic acids is 1. The summed E-state index contributed by atoms with van der Waals surface area (Å²) in [6, 6.07) is 9.43. The van der Waals surface area contributed by atoms with Gasteiger partial charge in [-0.15, -0.1) is 0 Å². The molecule has 1 N–H and O–H groups in total. The lowest BCUT2D eigenvalue weighted by atomic mass is 9.97. The third-order valence-electron chi connectivity index (χ3n) is 4.05. The summed E-state index contributed by atoms with van der Waals surface area (Å²) < 4.78 is 0. The lowest BCUT2D eigenvalue weighted by Crippen LogP contribution is -2.42. The van der Waals surface area contributed by atoms with E-state index in [-0.39, 0.29) is 12.5 Å². The highest BCUT2D eigenvalue weighted by molar-refractivity contribution is 5.99. The third-order valence-corrected chi connectivity index (χ3v) is 4.05. The number of carboxylic acids is 1. The molecule has 2 heterocycles. The number of amides is 1. The molecule has 0 bridgehead atoms. The van der Waals surface area contributed by atoms with Crippen LogP contribution in [0.5, 0.6) is 0 Å². The van der Waals surface area contributed by atoms with Gasteiger partial charge in [-0.25, -0.2) is 9.97 Å². The second kappa shape index (κ2) is 6.56. The molecule has 1 aromatic carbocycles. The predicted octanol–water partition coefficient (Wildman–Crippen LogP) is 2.08. The van der Waals surface area contributed by atoms with E-state index < -0.39 is 11.9 Å². The Morgan fingerprint density at radius 1 is 1.22 bits per heavy atom. The first-order valence-corrected chi connectivity index (χ1v) is 7.54. The summed E-state index contributed by atoms with van der Waals surface area (Å²) in [5.41, 5.74) is 1.82. The summed E-state index contributed by atoms with van der Waals surface area (Å²) in [7, 11) is 0. The zero-order valence-electron chi connectivity index (χ0n) is 12.6. The first kappa shape index (κ1) is 15.1. The van der Waals surface area contributed by atoms with E-state index in [1.807, 2.05) is 30.3 Å². The van der Waals surface area contributed by atoms with Crippen molar-refractivity contribution < 1.29 is 14.7 Å². The molecule has 0 saturated carbocycles. The number of hydrogen-bond acceptors (Lipinski definition) is 4. The van der Waals surface area contributed by atoms with Crippen molar-refractivity contribution in [3.8, 4) is 11.3 Å². The van der Waals surface area contributed by atoms with Crippen molar-refractivity contribution in [1.82, 2.24) is 14.9 Å². The molecular weight excluding hydrogens is 294 g/mol. The Morgan fingerprint density at radius 2 is 2.00 bits per heavy atom. The number of benzene rings is 1. The molecule has 6 heteroatoms. The maximum absolute atomic E-state index is 12.8. The number of carboxylic acid groups (broad SMARTS) is 1. The van der Waals surface area contributed by atoms with E-state index >= 15 is 0 Å². The molecular formula is C17H17N3O3. The number of aromatic nitrogens is 2. The normalized spacial score (nSPS) is 17.7. The van der Waals surface area contributed by atoms with E-state index in [2.05, 4.69) is 9.97 Å². The zero-order valence-corrected chi connectivity index (χ0v) is 12.6. The Kier molecular flexibility index (Phi) is 4.32. The summed E-state index contributed by atoms with van der Waals surface area (Å²) in [5.74, 6) is -1.57. The van der Waals surface area contributed by atoms with E-state index in [9.17, 15) is 14.7 Å². The molecule has 0 aliphatic carbocycles. The Labute approximate surface area is 133 Å². The van der Waals surface area contributed by atoms with Gasteiger partial charge in [-0.3, -0.25) is 9.59 Å². The lowest BCUT2D eigenvalue weighted by Gasteiger charge is -2.31. The first-order valence-electron chi connectivity index (χ1n) is 7.54. The Balaban J connectivity index is 1.90. The molecule has 1 atom stereocenters. The number of piperidine rings is 1. The van der Waals surface area contributed by atoms with E-state index in [4.69, 9.17) is 0 Å². The fourth-order valence-electron chi connectivity index (χ4n) is 2.85. The maximum Gasteiger partial charge on any atom is 0.308 e. The molecule has 6 nitrogen and oxygen atoms in total. The van der Waals surface area contributed by atoms with Crippen molar-refractivity contribution in [3.63, 3.8) is 0 Å². The van der Waals surface area contributed by atoms with Crippen LogP contribution in [0.1, 0.15) is 23.2 Å². The van der Waals surface area contributed by atoms with Crippen LogP contribution in [0.15, 0.2) is 42.9 Å². The van der Waals surface area contributed by atoms with Crippen LogP contribution in [-0.2, 0) is 4.79 Å². The van der Waals surface area contributed by atoms with Gasteiger partial charge in [0.1, 0.15) is 6.33 Å². The van der Waals surface area contributed by atoms with Crippen molar-refractivity contribution in [3.05, 3.63) is 48.4 Å². The van der Waals surface area contributed by atoms with Crippen LogP contribution in [0, 0.1) is 5.92 Å². The maximum atomic E-state index is 12.8. The van der Waals surface area contributed by atoms with Crippen LogP contribution in [-0.4, -0.2) is 44.9 Å². The summed E-state index contributed by atoms with van der Waals surface area (Å²) in [5, 5.41) is 9.18. The summed E-state index contributed by atoms with van der Waals surface area (Å²) >= 11 is 0. The second-order valence-corrected chi connectivity index (χ2v) is 5.58.